The van der Waals surface area contributed by atoms with Crippen LogP contribution in [0.3, 0.4) is 0 Å². The topological polar surface area (TPSA) is 86.3 Å². The van der Waals surface area contributed by atoms with Gasteiger partial charge in [0.15, 0.2) is 6.10 Å². The van der Waals surface area contributed by atoms with Crippen molar-refractivity contribution in [3.05, 3.63) is 81.0 Å². The van der Waals surface area contributed by atoms with Gasteiger partial charge < -0.3 is 9.84 Å². The molecule has 0 spiro atoms. The predicted molar refractivity (Wildman–Crippen MR) is 121 cm³/mol. The standard InChI is InChI=1S/C25H29N3O4/c1-3-13-27-23(26-28(25(27)31)16-19-9-7-17(2)8-10-19)6-4-5-18-11-12-21-20(14-18)15-22(32-21)24(29)30/h7-12,14,22H,3-6,13,15-16H2,1-2H3,(H,29,30). The van der Waals surface area contributed by atoms with E-state index < -0.39 is 12.1 Å². The van der Waals surface area contributed by atoms with E-state index in [1.54, 1.807) is 9.25 Å². The summed E-state index contributed by atoms with van der Waals surface area (Å²) in [6, 6.07) is 14.0. The van der Waals surface area contributed by atoms with Gasteiger partial charge >= 0.3 is 11.7 Å². The second kappa shape index (κ2) is 9.42. The Morgan fingerprint density at radius 3 is 2.62 bits per heavy atom. The van der Waals surface area contributed by atoms with Gasteiger partial charge in [-0.15, -0.1) is 0 Å². The first kappa shape index (κ1) is 21.9. The van der Waals surface area contributed by atoms with Gasteiger partial charge in [-0.3, -0.25) is 4.57 Å². The van der Waals surface area contributed by atoms with Crippen LogP contribution in [-0.2, 0) is 37.1 Å². The van der Waals surface area contributed by atoms with Gasteiger partial charge in [0.05, 0.1) is 6.54 Å². The number of aryl methyl sites for hydroxylation is 3. The minimum absolute atomic E-state index is 0.0585. The van der Waals surface area contributed by atoms with Crippen LogP contribution in [0.5, 0.6) is 5.75 Å². The second-order valence-electron chi connectivity index (χ2n) is 8.44. The minimum Gasteiger partial charge on any atom is -0.478 e. The molecule has 1 aliphatic heterocycles. The third-order valence-electron chi connectivity index (χ3n) is 5.84. The molecule has 0 saturated heterocycles. The number of carboxylic acids is 1. The average molecular weight is 436 g/mol. The zero-order chi connectivity index (χ0) is 22.7. The van der Waals surface area contributed by atoms with Crippen LogP contribution in [0.15, 0.2) is 47.3 Å². The molecular formula is C25H29N3O4. The summed E-state index contributed by atoms with van der Waals surface area (Å²) in [5.41, 5.74) is 4.28. The smallest absolute Gasteiger partial charge is 0.346 e. The van der Waals surface area contributed by atoms with E-state index in [1.807, 2.05) is 49.4 Å². The molecule has 1 unspecified atom stereocenters. The summed E-state index contributed by atoms with van der Waals surface area (Å²) in [4.78, 5) is 24.1. The molecule has 0 bridgehead atoms. The van der Waals surface area contributed by atoms with Crippen molar-refractivity contribution in [3.8, 4) is 5.75 Å². The summed E-state index contributed by atoms with van der Waals surface area (Å²) in [5, 5.41) is 13.8. The molecule has 0 aliphatic carbocycles. The van der Waals surface area contributed by atoms with Crippen LogP contribution >= 0.6 is 0 Å². The molecule has 0 saturated carbocycles. The summed E-state index contributed by atoms with van der Waals surface area (Å²) in [7, 11) is 0. The normalized spacial score (nSPS) is 14.9. The Hall–Kier alpha value is -3.35. The lowest BCUT2D eigenvalue weighted by atomic mass is 10.0. The Kier molecular flexibility index (Phi) is 6.44. The third kappa shape index (κ3) is 4.77. The number of carboxylic acid groups (broad SMARTS) is 1. The summed E-state index contributed by atoms with van der Waals surface area (Å²) in [5.74, 6) is 0.546. The first-order valence-electron chi connectivity index (χ1n) is 11.2. The molecule has 32 heavy (non-hydrogen) atoms. The molecule has 7 nitrogen and oxygen atoms in total. The van der Waals surface area contributed by atoms with E-state index in [4.69, 9.17) is 9.84 Å². The van der Waals surface area contributed by atoms with Crippen molar-refractivity contribution < 1.29 is 14.6 Å². The Balaban J connectivity index is 1.43. The van der Waals surface area contributed by atoms with E-state index in [2.05, 4.69) is 12.0 Å². The molecule has 2 heterocycles. The minimum atomic E-state index is -0.933. The third-order valence-corrected chi connectivity index (χ3v) is 5.84. The van der Waals surface area contributed by atoms with Gasteiger partial charge in [-0.25, -0.2) is 14.3 Å². The number of fused-ring (bicyclic) bond motifs is 1. The van der Waals surface area contributed by atoms with Crippen LogP contribution in [-0.4, -0.2) is 31.5 Å². The van der Waals surface area contributed by atoms with Crippen LogP contribution in [0, 0.1) is 6.92 Å². The zero-order valence-corrected chi connectivity index (χ0v) is 18.6. The van der Waals surface area contributed by atoms with Crippen LogP contribution in [0.2, 0.25) is 0 Å². The van der Waals surface area contributed by atoms with Crippen LogP contribution in [0.4, 0.5) is 0 Å². The highest BCUT2D eigenvalue weighted by molar-refractivity contribution is 5.74. The van der Waals surface area contributed by atoms with E-state index in [1.165, 1.54) is 5.56 Å². The van der Waals surface area contributed by atoms with Gasteiger partial charge in [0.25, 0.3) is 0 Å². The largest absolute Gasteiger partial charge is 0.478 e. The lowest BCUT2D eigenvalue weighted by Gasteiger charge is -2.06. The van der Waals surface area contributed by atoms with Gasteiger partial charge in [0.1, 0.15) is 11.6 Å². The molecule has 1 aromatic heterocycles. The maximum atomic E-state index is 12.9. The molecular weight excluding hydrogens is 406 g/mol. The van der Waals surface area contributed by atoms with E-state index >= 15 is 0 Å². The van der Waals surface area contributed by atoms with Crippen LogP contribution in [0.25, 0.3) is 0 Å². The molecule has 1 aliphatic rings. The maximum absolute atomic E-state index is 12.9. The molecule has 7 heteroatoms. The number of hydrogen-bond acceptors (Lipinski definition) is 4. The lowest BCUT2D eigenvalue weighted by Crippen LogP contribution is -2.26. The molecule has 1 N–H and O–H groups in total. The number of aromatic nitrogens is 3. The first-order valence-corrected chi connectivity index (χ1v) is 11.2. The molecule has 0 fully saturated rings. The predicted octanol–water partition coefficient (Wildman–Crippen LogP) is 3.37. The number of benzene rings is 2. The summed E-state index contributed by atoms with van der Waals surface area (Å²) in [6.07, 6.45) is 2.88. The van der Waals surface area contributed by atoms with Gasteiger partial charge in [0, 0.05) is 19.4 Å². The van der Waals surface area contributed by atoms with Gasteiger partial charge in [0.2, 0.25) is 0 Å². The monoisotopic (exact) mass is 435 g/mol. The summed E-state index contributed by atoms with van der Waals surface area (Å²) in [6.45, 7) is 5.24. The maximum Gasteiger partial charge on any atom is 0.346 e. The van der Waals surface area contributed by atoms with Crippen molar-refractivity contribution in [1.29, 1.82) is 0 Å². The molecule has 4 rings (SSSR count). The fourth-order valence-corrected chi connectivity index (χ4v) is 4.13. The zero-order valence-electron chi connectivity index (χ0n) is 18.6. The SMILES string of the molecule is CCCn1c(CCCc2ccc3c(c2)CC(C(=O)O)O3)nn(Cc2ccc(C)cc2)c1=O. The van der Waals surface area contributed by atoms with Crippen LogP contribution < -0.4 is 10.4 Å². The molecule has 0 amide bonds. The lowest BCUT2D eigenvalue weighted by molar-refractivity contribution is -0.144. The van der Waals surface area contributed by atoms with Gasteiger partial charge in [-0.2, -0.15) is 5.10 Å². The van der Waals surface area contributed by atoms with Gasteiger partial charge in [-0.1, -0.05) is 48.9 Å². The van der Waals surface area contributed by atoms with Gasteiger partial charge in [-0.05, 0) is 48.9 Å². The van der Waals surface area contributed by atoms with Crippen LogP contribution in [0.1, 0.15) is 47.8 Å². The first-order chi connectivity index (χ1) is 15.4. The fourth-order valence-electron chi connectivity index (χ4n) is 4.13. The van der Waals surface area contributed by atoms with Crippen molar-refractivity contribution in [2.75, 3.05) is 0 Å². The second-order valence-corrected chi connectivity index (χ2v) is 8.44. The Labute approximate surface area is 187 Å². The highest BCUT2D eigenvalue weighted by Gasteiger charge is 2.28. The van der Waals surface area contributed by atoms with Crippen molar-refractivity contribution in [3.63, 3.8) is 0 Å². The van der Waals surface area contributed by atoms with E-state index in [0.29, 0.717) is 31.7 Å². The number of nitrogens with zero attached hydrogens (tertiary/aromatic N) is 3. The molecule has 168 valence electrons. The number of rotatable bonds is 9. The van der Waals surface area contributed by atoms with E-state index in [9.17, 15) is 9.59 Å². The number of carbonyl (C=O) groups is 1. The quantitative estimate of drug-likeness (QED) is 0.557. The Bertz CT molecular complexity index is 1160. The Morgan fingerprint density at radius 2 is 1.91 bits per heavy atom. The van der Waals surface area contributed by atoms with Crippen molar-refractivity contribution >= 4 is 5.97 Å². The van der Waals surface area contributed by atoms with E-state index in [0.717, 1.165) is 41.8 Å². The highest BCUT2D eigenvalue weighted by atomic mass is 16.5. The molecule has 1 atom stereocenters. The Morgan fingerprint density at radius 1 is 1.16 bits per heavy atom. The molecule has 0 radical (unpaired) electrons. The van der Waals surface area contributed by atoms with Crippen molar-refractivity contribution in [1.82, 2.24) is 14.3 Å². The molecule has 2 aromatic carbocycles. The van der Waals surface area contributed by atoms with Crippen molar-refractivity contribution in [2.24, 2.45) is 0 Å². The number of aliphatic carboxylic acids is 1. The number of ether oxygens (including phenoxy) is 1. The summed E-state index contributed by atoms with van der Waals surface area (Å²) < 4.78 is 8.82. The highest BCUT2D eigenvalue weighted by Crippen LogP contribution is 2.30. The fraction of sp³-hybridized carbons (Fsp3) is 0.400. The van der Waals surface area contributed by atoms with Crippen molar-refractivity contribution in [2.45, 2.75) is 65.1 Å². The van der Waals surface area contributed by atoms with E-state index in [-0.39, 0.29) is 5.69 Å². The number of hydrogen-bond donors (Lipinski definition) is 1. The summed E-state index contributed by atoms with van der Waals surface area (Å²) >= 11 is 0. The molecule has 3 aromatic rings. The average Bonchev–Trinajstić information content (AvgIpc) is 3.32.